The number of aryl methyl sites for hydroxylation is 4. The third kappa shape index (κ3) is 10.4. The molecule has 5 heteroatoms. The van der Waals surface area contributed by atoms with Crippen LogP contribution in [-0.2, 0) is 45.8 Å². The Balaban J connectivity index is 0.00000609. The summed E-state index contributed by atoms with van der Waals surface area (Å²) in [5.41, 5.74) is 24.3. The van der Waals surface area contributed by atoms with Crippen molar-refractivity contribution >= 4 is 21.9 Å². The number of nitrogens with zero attached hydrogens (tertiary/aromatic N) is 4. The molecule has 0 aliphatic heterocycles. The number of fused-ring (bicyclic) bond motifs is 3. The molecule has 9 aromatic carbocycles. The molecule has 4 nitrogen and oxygen atoms in total. The topological polar surface area (TPSA) is 43.6 Å². The summed E-state index contributed by atoms with van der Waals surface area (Å²) in [6.45, 7) is 0. The van der Waals surface area contributed by atoms with E-state index in [9.17, 15) is 0 Å². The van der Waals surface area contributed by atoms with Crippen molar-refractivity contribution in [2.45, 2.75) is 25.7 Å². The molecule has 0 atom stereocenters. The van der Waals surface area contributed by atoms with Gasteiger partial charge in [-0.25, -0.2) is 0 Å². The minimum atomic E-state index is 0. The van der Waals surface area contributed by atoms with Crippen LogP contribution in [0.15, 0.2) is 261 Å². The van der Waals surface area contributed by atoms with E-state index in [-0.39, 0.29) is 20.1 Å². The monoisotopic (exact) mass is 1180 g/mol. The maximum absolute atomic E-state index is 5.45. The van der Waals surface area contributed by atoms with Gasteiger partial charge in [-0.3, -0.25) is 4.98 Å². The number of pyridine rings is 3. The zero-order chi connectivity index (χ0) is 51.3. The van der Waals surface area contributed by atoms with Crippen molar-refractivity contribution in [3.8, 4) is 84.0 Å². The summed E-state index contributed by atoms with van der Waals surface area (Å²) in [5.74, 6) is 0. The van der Waals surface area contributed by atoms with Gasteiger partial charge in [0.1, 0.15) is 0 Å². The molecule has 0 amide bonds. The molecule has 372 valence electrons. The van der Waals surface area contributed by atoms with Crippen molar-refractivity contribution < 1.29 is 20.1 Å². The first kappa shape index (κ1) is 49.7. The molecule has 4 aromatic heterocycles. The van der Waals surface area contributed by atoms with Crippen LogP contribution in [-0.4, -0.2) is 19.5 Å². The molecule has 0 spiro atoms. The molecule has 0 saturated carbocycles. The van der Waals surface area contributed by atoms with Gasteiger partial charge in [-0.05, 0) is 105 Å². The summed E-state index contributed by atoms with van der Waals surface area (Å²) in [7, 11) is 0. The fourth-order valence-corrected chi connectivity index (χ4v) is 10.7. The smallest absolute Gasteiger partial charge is 0.308 e. The predicted molar refractivity (Wildman–Crippen MR) is 316 cm³/mol. The van der Waals surface area contributed by atoms with Crippen LogP contribution in [0.2, 0.25) is 0 Å². The van der Waals surface area contributed by atoms with Gasteiger partial charge in [0, 0.05) is 23.5 Å². The van der Waals surface area contributed by atoms with E-state index in [1.807, 2.05) is 48.8 Å². The Morgan fingerprint density at radius 3 is 1.51 bits per heavy atom. The van der Waals surface area contributed by atoms with Crippen LogP contribution in [0.5, 0.6) is 0 Å². The zero-order valence-corrected chi connectivity index (χ0v) is 45.2. The van der Waals surface area contributed by atoms with Crippen molar-refractivity contribution in [1.82, 2.24) is 19.5 Å². The molecule has 0 fully saturated rings. The Hall–Kier alpha value is -9.12. The first-order chi connectivity index (χ1) is 38.1. The SMILES string of the molecule is [Ir+3].[c-]1cc(CCc2cc(CCc3c[c-]c(-c4ccccn4)cc3)cc(-c3ccccc3-c3c[c-]c(-c4ccc5c(n4)c4ccccc4n5-c4ccccc4)cc3-c3ccc(-c4ccccc4)cc3)c2)ccc1-c1ccccn1. The standard InChI is InChI=1S/C73H51N4.Ir/c1-3-15-55(16-4-1)56-37-39-57(40-38-56)67-50-60(70-43-44-72-73(76-70)66-21-9-10-24-71(66)77(72)62-17-5-2-6-18-62)41-42-65(67)64-20-8-7-19-63(64)61-48-53(27-25-51-29-33-58(34-30-51)68-22-11-13-45-74-68)47-54(49-61)28-26-52-31-35-59(36-32-52)69-23-12-14-46-75-69;/h1-24,29-33,35,37-40,42-50H,25-28H2;/q-3;+3. The Morgan fingerprint density at radius 2 is 0.885 bits per heavy atom. The van der Waals surface area contributed by atoms with Crippen LogP contribution in [0.3, 0.4) is 0 Å². The first-order valence-electron chi connectivity index (χ1n) is 26.4. The number of para-hydroxylation sites is 2. The van der Waals surface area contributed by atoms with Gasteiger partial charge < -0.3 is 14.5 Å². The Morgan fingerprint density at radius 1 is 0.333 bits per heavy atom. The van der Waals surface area contributed by atoms with Gasteiger partial charge in [-0.1, -0.05) is 193 Å². The molecule has 0 N–H and O–H groups in total. The van der Waals surface area contributed by atoms with E-state index in [0.29, 0.717) is 0 Å². The van der Waals surface area contributed by atoms with Gasteiger partial charge in [0.2, 0.25) is 0 Å². The first-order valence-corrected chi connectivity index (χ1v) is 26.4. The van der Waals surface area contributed by atoms with E-state index in [0.717, 1.165) is 109 Å². The van der Waals surface area contributed by atoms with E-state index < -0.39 is 0 Å². The number of rotatable bonds is 14. The molecule has 0 bridgehead atoms. The maximum atomic E-state index is 5.45. The van der Waals surface area contributed by atoms with Crippen molar-refractivity contribution in [2.24, 2.45) is 0 Å². The van der Waals surface area contributed by atoms with Crippen LogP contribution >= 0.6 is 0 Å². The van der Waals surface area contributed by atoms with Gasteiger partial charge in [0.05, 0.1) is 16.6 Å². The molecule has 0 radical (unpaired) electrons. The summed E-state index contributed by atoms with van der Waals surface area (Å²) >= 11 is 0. The summed E-state index contributed by atoms with van der Waals surface area (Å²) in [6.07, 6.45) is 7.21. The fourth-order valence-electron chi connectivity index (χ4n) is 10.7. The third-order valence-corrected chi connectivity index (χ3v) is 14.7. The van der Waals surface area contributed by atoms with E-state index in [2.05, 4.69) is 245 Å². The summed E-state index contributed by atoms with van der Waals surface area (Å²) in [4.78, 5) is 14.5. The van der Waals surface area contributed by atoms with Gasteiger partial charge >= 0.3 is 20.1 Å². The third-order valence-electron chi connectivity index (χ3n) is 14.7. The number of aromatic nitrogens is 4. The fraction of sp³-hybridized carbons (Fsp3) is 0.0548. The van der Waals surface area contributed by atoms with Crippen LogP contribution in [0, 0.1) is 18.2 Å². The Bertz CT molecular complexity index is 4050. The molecular weight excluding hydrogens is 1130 g/mol. The maximum Gasteiger partial charge on any atom is 3.00 e. The average Bonchev–Trinajstić information content (AvgIpc) is 3.89. The summed E-state index contributed by atoms with van der Waals surface area (Å²) in [5, 5.41) is 1.12. The van der Waals surface area contributed by atoms with Gasteiger partial charge in [0.15, 0.2) is 0 Å². The van der Waals surface area contributed by atoms with Crippen molar-refractivity contribution in [2.75, 3.05) is 0 Å². The molecule has 13 aromatic rings. The second-order valence-corrected chi connectivity index (χ2v) is 19.6. The van der Waals surface area contributed by atoms with Gasteiger partial charge in [0.25, 0.3) is 0 Å². The number of hydrogen-bond acceptors (Lipinski definition) is 3. The Kier molecular flexibility index (Phi) is 14.4. The Labute approximate surface area is 469 Å². The molecule has 4 heterocycles. The van der Waals surface area contributed by atoms with E-state index in [1.165, 1.54) is 44.5 Å². The van der Waals surface area contributed by atoms with E-state index >= 15 is 0 Å². The molecule has 0 aliphatic rings. The predicted octanol–water partition coefficient (Wildman–Crippen LogP) is 17.6. The second-order valence-electron chi connectivity index (χ2n) is 19.6. The van der Waals surface area contributed by atoms with Crippen molar-refractivity contribution in [1.29, 1.82) is 0 Å². The summed E-state index contributed by atoms with van der Waals surface area (Å²) in [6, 6.07) is 99.4. The largest absolute Gasteiger partial charge is 3.00 e. The molecule has 0 aliphatic carbocycles. The molecule has 78 heavy (non-hydrogen) atoms. The normalized spacial score (nSPS) is 11.2. The van der Waals surface area contributed by atoms with Gasteiger partial charge in [-0.2, -0.15) is 0 Å². The molecule has 13 rings (SSSR count). The van der Waals surface area contributed by atoms with Crippen LogP contribution in [0.1, 0.15) is 22.3 Å². The number of benzene rings is 9. The van der Waals surface area contributed by atoms with Crippen molar-refractivity contribution in [3.63, 3.8) is 0 Å². The van der Waals surface area contributed by atoms with Crippen LogP contribution in [0.25, 0.3) is 106 Å². The molecule has 0 unspecified atom stereocenters. The minimum absolute atomic E-state index is 0. The zero-order valence-electron chi connectivity index (χ0n) is 42.8. The number of hydrogen-bond donors (Lipinski definition) is 0. The molecule has 0 saturated heterocycles. The van der Waals surface area contributed by atoms with E-state index in [1.54, 1.807) is 0 Å². The summed E-state index contributed by atoms with van der Waals surface area (Å²) < 4.78 is 2.31. The average molecular weight is 1180 g/mol. The van der Waals surface area contributed by atoms with Gasteiger partial charge in [-0.15, -0.1) is 94.5 Å². The second kappa shape index (κ2) is 22.6. The van der Waals surface area contributed by atoms with E-state index in [4.69, 9.17) is 4.98 Å². The molecular formula is C73H51IrN4. The van der Waals surface area contributed by atoms with Crippen molar-refractivity contribution in [3.05, 3.63) is 302 Å². The van der Waals surface area contributed by atoms with Crippen LogP contribution < -0.4 is 0 Å². The van der Waals surface area contributed by atoms with Crippen LogP contribution in [0.4, 0.5) is 0 Å². The minimum Gasteiger partial charge on any atom is -0.308 e. The quantitative estimate of drug-likeness (QED) is 0.102.